The average molecular weight is 213 g/mol. The molecule has 1 heterocycles. The summed E-state index contributed by atoms with van der Waals surface area (Å²) in [4.78, 5) is 0. The van der Waals surface area contributed by atoms with Crippen LogP contribution in [-0.4, -0.2) is 25.3 Å². The highest BCUT2D eigenvalue weighted by atomic mass is 16.5. The van der Waals surface area contributed by atoms with E-state index in [0.717, 1.165) is 19.2 Å². The molecule has 0 radical (unpaired) electrons. The van der Waals surface area contributed by atoms with Crippen LogP contribution in [0.1, 0.15) is 58.8 Å². The van der Waals surface area contributed by atoms with Crippen LogP contribution in [-0.2, 0) is 4.74 Å². The van der Waals surface area contributed by atoms with Gasteiger partial charge in [0.2, 0.25) is 0 Å². The van der Waals surface area contributed by atoms with E-state index in [1.165, 1.54) is 44.9 Å². The normalized spacial score (nSPS) is 22.2. The second-order valence-electron chi connectivity index (χ2n) is 4.60. The van der Waals surface area contributed by atoms with Crippen LogP contribution in [0.25, 0.3) is 0 Å². The number of nitrogens with one attached hydrogen (secondary N) is 1. The summed E-state index contributed by atoms with van der Waals surface area (Å²) in [5.74, 6) is 0. The van der Waals surface area contributed by atoms with Crippen LogP contribution in [0.15, 0.2) is 0 Å². The Morgan fingerprint density at radius 3 is 2.67 bits per heavy atom. The molecular weight excluding hydrogens is 186 g/mol. The fraction of sp³-hybridized carbons (Fsp3) is 1.00. The summed E-state index contributed by atoms with van der Waals surface area (Å²) in [6, 6.07) is 0.720. The van der Waals surface area contributed by atoms with Gasteiger partial charge in [-0.2, -0.15) is 0 Å². The first-order chi connectivity index (χ1) is 7.36. The van der Waals surface area contributed by atoms with Gasteiger partial charge in [-0.25, -0.2) is 0 Å². The van der Waals surface area contributed by atoms with Crippen LogP contribution in [0.2, 0.25) is 0 Å². The van der Waals surface area contributed by atoms with Crippen molar-refractivity contribution in [3.05, 3.63) is 0 Å². The van der Waals surface area contributed by atoms with Crippen molar-refractivity contribution in [1.82, 2.24) is 5.32 Å². The molecule has 1 atom stereocenters. The molecule has 0 aromatic carbocycles. The largest absolute Gasteiger partial charge is 0.378 e. The van der Waals surface area contributed by atoms with Gasteiger partial charge in [-0.3, -0.25) is 0 Å². The zero-order chi connectivity index (χ0) is 10.9. The molecule has 1 saturated heterocycles. The molecule has 0 bridgehead atoms. The summed E-state index contributed by atoms with van der Waals surface area (Å²) in [6.07, 6.45) is 9.47. The van der Waals surface area contributed by atoms with Crippen molar-refractivity contribution in [1.29, 1.82) is 0 Å². The molecule has 2 heteroatoms. The van der Waals surface area contributed by atoms with Gasteiger partial charge in [0.25, 0.3) is 0 Å². The van der Waals surface area contributed by atoms with E-state index in [-0.39, 0.29) is 0 Å². The number of hydrogen-bond acceptors (Lipinski definition) is 2. The van der Waals surface area contributed by atoms with Crippen molar-refractivity contribution in [3.63, 3.8) is 0 Å². The Labute approximate surface area is 94.8 Å². The molecule has 0 aromatic heterocycles. The lowest BCUT2D eigenvalue weighted by atomic mass is 10.0. The fourth-order valence-electron chi connectivity index (χ4n) is 2.25. The molecule has 90 valence electrons. The SMILES string of the molecule is CCC(CC)NCCCC1CCCCO1. The quantitative estimate of drug-likeness (QED) is 0.656. The molecule has 1 N–H and O–H groups in total. The molecule has 0 spiro atoms. The van der Waals surface area contributed by atoms with Crippen molar-refractivity contribution in [2.24, 2.45) is 0 Å². The molecule has 0 aliphatic carbocycles. The van der Waals surface area contributed by atoms with E-state index in [1.54, 1.807) is 0 Å². The molecule has 1 fully saturated rings. The van der Waals surface area contributed by atoms with E-state index in [0.29, 0.717) is 6.10 Å². The summed E-state index contributed by atoms with van der Waals surface area (Å²) in [6.45, 7) is 6.66. The lowest BCUT2D eigenvalue weighted by Gasteiger charge is -2.23. The Balaban J connectivity index is 1.95. The van der Waals surface area contributed by atoms with Gasteiger partial charge in [-0.1, -0.05) is 13.8 Å². The summed E-state index contributed by atoms with van der Waals surface area (Å²) in [5.41, 5.74) is 0. The van der Waals surface area contributed by atoms with Gasteiger partial charge < -0.3 is 10.1 Å². The van der Waals surface area contributed by atoms with E-state index in [1.807, 2.05) is 0 Å². The fourth-order valence-corrected chi connectivity index (χ4v) is 2.25. The van der Waals surface area contributed by atoms with E-state index in [4.69, 9.17) is 4.74 Å². The Morgan fingerprint density at radius 1 is 1.27 bits per heavy atom. The maximum atomic E-state index is 5.71. The maximum Gasteiger partial charge on any atom is 0.0575 e. The van der Waals surface area contributed by atoms with Gasteiger partial charge in [0.1, 0.15) is 0 Å². The van der Waals surface area contributed by atoms with Gasteiger partial charge in [-0.05, 0) is 51.5 Å². The zero-order valence-electron chi connectivity index (χ0n) is 10.4. The van der Waals surface area contributed by atoms with Crippen LogP contribution in [0, 0.1) is 0 Å². The first-order valence-corrected chi connectivity index (χ1v) is 6.71. The molecule has 1 aliphatic rings. The predicted molar refractivity (Wildman–Crippen MR) is 65.2 cm³/mol. The molecule has 15 heavy (non-hydrogen) atoms. The molecule has 1 unspecified atom stereocenters. The van der Waals surface area contributed by atoms with Crippen LogP contribution < -0.4 is 5.32 Å². The number of rotatable bonds is 7. The molecule has 1 rings (SSSR count). The standard InChI is InChI=1S/C13H27NO/c1-3-12(4-2)14-10-7-9-13-8-5-6-11-15-13/h12-14H,3-11H2,1-2H3. The van der Waals surface area contributed by atoms with Crippen molar-refractivity contribution in [2.75, 3.05) is 13.2 Å². The molecule has 2 nitrogen and oxygen atoms in total. The van der Waals surface area contributed by atoms with Gasteiger partial charge in [0.05, 0.1) is 6.10 Å². The topological polar surface area (TPSA) is 21.3 Å². The summed E-state index contributed by atoms with van der Waals surface area (Å²) in [5, 5.41) is 3.60. The van der Waals surface area contributed by atoms with E-state index >= 15 is 0 Å². The molecule has 0 amide bonds. The minimum Gasteiger partial charge on any atom is -0.378 e. The third-order valence-corrected chi connectivity index (χ3v) is 3.40. The van der Waals surface area contributed by atoms with Gasteiger partial charge in [0, 0.05) is 12.6 Å². The van der Waals surface area contributed by atoms with Gasteiger partial charge in [0.15, 0.2) is 0 Å². The third-order valence-electron chi connectivity index (χ3n) is 3.40. The van der Waals surface area contributed by atoms with E-state index in [9.17, 15) is 0 Å². The highest BCUT2D eigenvalue weighted by Gasteiger charge is 2.13. The summed E-state index contributed by atoms with van der Waals surface area (Å²) < 4.78 is 5.71. The van der Waals surface area contributed by atoms with Crippen molar-refractivity contribution in [3.8, 4) is 0 Å². The van der Waals surface area contributed by atoms with Gasteiger partial charge in [-0.15, -0.1) is 0 Å². The van der Waals surface area contributed by atoms with Crippen molar-refractivity contribution < 1.29 is 4.74 Å². The van der Waals surface area contributed by atoms with Crippen LogP contribution in [0.3, 0.4) is 0 Å². The lowest BCUT2D eigenvalue weighted by molar-refractivity contribution is 0.0101. The van der Waals surface area contributed by atoms with Crippen LogP contribution >= 0.6 is 0 Å². The summed E-state index contributed by atoms with van der Waals surface area (Å²) in [7, 11) is 0. The Hall–Kier alpha value is -0.0800. The van der Waals surface area contributed by atoms with Crippen LogP contribution in [0.5, 0.6) is 0 Å². The first-order valence-electron chi connectivity index (χ1n) is 6.71. The monoisotopic (exact) mass is 213 g/mol. The Kier molecular flexibility index (Phi) is 7.03. The average Bonchev–Trinajstić information content (AvgIpc) is 2.31. The highest BCUT2D eigenvalue weighted by molar-refractivity contribution is 4.66. The predicted octanol–water partition coefficient (Wildman–Crippen LogP) is 3.11. The third kappa shape index (κ3) is 5.53. The van der Waals surface area contributed by atoms with Crippen molar-refractivity contribution >= 4 is 0 Å². The van der Waals surface area contributed by atoms with E-state index in [2.05, 4.69) is 19.2 Å². The minimum atomic E-state index is 0.558. The van der Waals surface area contributed by atoms with Crippen LogP contribution in [0.4, 0.5) is 0 Å². The lowest BCUT2D eigenvalue weighted by Crippen LogP contribution is -2.29. The highest BCUT2D eigenvalue weighted by Crippen LogP contribution is 2.16. The molecule has 0 aromatic rings. The van der Waals surface area contributed by atoms with E-state index < -0.39 is 0 Å². The minimum absolute atomic E-state index is 0.558. The van der Waals surface area contributed by atoms with Crippen molar-refractivity contribution in [2.45, 2.75) is 70.9 Å². The Morgan fingerprint density at radius 2 is 2.07 bits per heavy atom. The second kappa shape index (κ2) is 8.12. The molecular formula is C13H27NO. The zero-order valence-corrected chi connectivity index (χ0v) is 10.4. The number of ether oxygens (including phenoxy) is 1. The second-order valence-corrected chi connectivity index (χ2v) is 4.60. The smallest absolute Gasteiger partial charge is 0.0575 e. The number of hydrogen-bond donors (Lipinski definition) is 1. The Bertz CT molecular complexity index is 139. The maximum absolute atomic E-state index is 5.71. The molecule has 1 aliphatic heterocycles. The molecule has 0 saturated carbocycles. The van der Waals surface area contributed by atoms with Gasteiger partial charge >= 0.3 is 0 Å². The first kappa shape index (κ1) is 13.0. The summed E-state index contributed by atoms with van der Waals surface area (Å²) >= 11 is 0.